The molecule has 2 rings (SSSR count). The van der Waals surface area contributed by atoms with Crippen molar-refractivity contribution < 1.29 is 23.8 Å². The molecule has 27 heavy (non-hydrogen) atoms. The molecule has 7 nitrogen and oxygen atoms in total. The van der Waals surface area contributed by atoms with Crippen LogP contribution < -0.4 is 20.1 Å². The van der Waals surface area contributed by atoms with Crippen LogP contribution in [-0.2, 0) is 14.3 Å². The third-order valence-corrected chi connectivity index (χ3v) is 4.05. The molecule has 2 N–H and O–H groups in total. The molecule has 0 bridgehead atoms. The van der Waals surface area contributed by atoms with Crippen molar-refractivity contribution in [3.8, 4) is 11.5 Å². The van der Waals surface area contributed by atoms with Crippen LogP contribution in [0.5, 0.6) is 11.5 Å². The molecule has 1 atom stereocenters. The molecule has 0 heterocycles. The number of ether oxygens (including phenoxy) is 3. The molecule has 0 aromatic heterocycles. The summed E-state index contributed by atoms with van der Waals surface area (Å²) in [6, 6.07) is 12.0. The van der Waals surface area contributed by atoms with Gasteiger partial charge < -0.3 is 24.8 Å². The number of nitrogens with one attached hydrogen (secondary N) is 2. The molecule has 0 aliphatic rings. The van der Waals surface area contributed by atoms with Crippen molar-refractivity contribution in [2.24, 2.45) is 0 Å². The Labute approximate surface area is 162 Å². The maximum Gasteiger partial charge on any atom is 0.313 e. The summed E-state index contributed by atoms with van der Waals surface area (Å²) in [5, 5.41) is 5.44. The topological polar surface area (TPSA) is 85.9 Å². The van der Waals surface area contributed by atoms with E-state index in [9.17, 15) is 9.59 Å². The van der Waals surface area contributed by atoms with Gasteiger partial charge in [0.15, 0.2) is 0 Å². The molecule has 0 spiro atoms. The highest BCUT2D eigenvalue weighted by molar-refractivity contribution is 6.40. The first kappa shape index (κ1) is 20.5. The van der Waals surface area contributed by atoms with Gasteiger partial charge in [-0.3, -0.25) is 9.59 Å². The zero-order valence-corrected chi connectivity index (χ0v) is 16.0. The summed E-state index contributed by atoms with van der Waals surface area (Å²) >= 11 is 5.92. The second-order valence-electron chi connectivity index (χ2n) is 5.51. The SMILES string of the molecule is COc1cccc(C(CNC(=O)C(=O)Nc2cc(Cl)ccc2OC)OC)c1. The summed E-state index contributed by atoms with van der Waals surface area (Å²) in [5.74, 6) is -0.573. The van der Waals surface area contributed by atoms with Gasteiger partial charge in [0.05, 0.1) is 26.0 Å². The first-order chi connectivity index (χ1) is 13.0. The largest absolute Gasteiger partial charge is 0.497 e. The standard InChI is InChI=1S/C19H21ClN2O5/c1-25-14-6-4-5-12(9-14)17(27-3)11-21-18(23)19(24)22-15-10-13(20)7-8-16(15)26-2/h4-10,17H,11H2,1-3H3,(H,21,23)(H,22,24). The smallest absolute Gasteiger partial charge is 0.313 e. The molecule has 0 aliphatic heterocycles. The molecule has 2 amide bonds. The summed E-state index contributed by atoms with van der Waals surface area (Å²) in [4.78, 5) is 24.3. The van der Waals surface area contributed by atoms with Gasteiger partial charge in [-0.2, -0.15) is 0 Å². The van der Waals surface area contributed by atoms with Crippen molar-refractivity contribution in [1.29, 1.82) is 0 Å². The third kappa shape index (κ3) is 5.60. The van der Waals surface area contributed by atoms with Gasteiger partial charge in [-0.1, -0.05) is 23.7 Å². The van der Waals surface area contributed by atoms with Crippen LogP contribution in [-0.4, -0.2) is 39.7 Å². The summed E-state index contributed by atoms with van der Waals surface area (Å²) in [6.07, 6.45) is -0.433. The van der Waals surface area contributed by atoms with Gasteiger partial charge in [0.25, 0.3) is 0 Å². The number of carbonyl (C=O) groups excluding carboxylic acids is 2. The van der Waals surface area contributed by atoms with Crippen molar-refractivity contribution in [3.05, 3.63) is 53.1 Å². The predicted octanol–water partition coefficient (Wildman–Crippen LogP) is 2.80. The number of hydrogen-bond donors (Lipinski definition) is 2. The van der Waals surface area contributed by atoms with Crippen LogP contribution in [0.3, 0.4) is 0 Å². The minimum absolute atomic E-state index is 0.114. The molecular formula is C19H21ClN2O5. The van der Waals surface area contributed by atoms with Crippen LogP contribution in [0.4, 0.5) is 5.69 Å². The number of methoxy groups -OCH3 is 3. The molecule has 8 heteroatoms. The molecule has 2 aromatic carbocycles. The Balaban J connectivity index is 1.99. The summed E-state index contributed by atoms with van der Waals surface area (Å²) < 4.78 is 15.7. The van der Waals surface area contributed by atoms with E-state index in [1.807, 2.05) is 12.1 Å². The lowest BCUT2D eigenvalue weighted by atomic mass is 10.1. The first-order valence-electron chi connectivity index (χ1n) is 8.08. The lowest BCUT2D eigenvalue weighted by Crippen LogP contribution is -2.38. The van der Waals surface area contributed by atoms with Crippen LogP contribution in [0.1, 0.15) is 11.7 Å². The van der Waals surface area contributed by atoms with Gasteiger partial charge >= 0.3 is 11.8 Å². The maximum absolute atomic E-state index is 12.1. The second kappa shape index (κ2) is 9.80. The summed E-state index contributed by atoms with van der Waals surface area (Å²) in [6.45, 7) is 0.114. The van der Waals surface area contributed by atoms with Crippen molar-refractivity contribution in [3.63, 3.8) is 0 Å². The Kier molecular flexibility index (Phi) is 7.45. The Bertz CT molecular complexity index is 812. The van der Waals surface area contributed by atoms with Gasteiger partial charge in [-0.05, 0) is 35.9 Å². The van der Waals surface area contributed by atoms with Crippen LogP contribution in [0.2, 0.25) is 5.02 Å². The maximum atomic E-state index is 12.1. The highest BCUT2D eigenvalue weighted by Crippen LogP contribution is 2.27. The lowest BCUT2D eigenvalue weighted by Gasteiger charge is -2.17. The minimum Gasteiger partial charge on any atom is -0.497 e. The minimum atomic E-state index is -0.837. The van der Waals surface area contributed by atoms with Crippen LogP contribution >= 0.6 is 11.6 Å². The Hall–Kier alpha value is -2.77. The van der Waals surface area contributed by atoms with E-state index in [2.05, 4.69) is 10.6 Å². The Morgan fingerprint density at radius 3 is 2.48 bits per heavy atom. The Morgan fingerprint density at radius 1 is 1.04 bits per heavy atom. The molecule has 2 aromatic rings. The van der Waals surface area contributed by atoms with E-state index in [0.29, 0.717) is 22.2 Å². The van der Waals surface area contributed by atoms with Gasteiger partial charge in [0, 0.05) is 18.7 Å². The number of benzene rings is 2. The second-order valence-corrected chi connectivity index (χ2v) is 5.95. The predicted molar refractivity (Wildman–Crippen MR) is 102 cm³/mol. The number of rotatable bonds is 7. The highest BCUT2D eigenvalue weighted by atomic mass is 35.5. The van der Waals surface area contributed by atoms with E-state index in [1.165, 1.54) is 20.3 Å². The lowest BCUT2D eigenvalue weighted by molar-refractivity contribution is -0.136. The molecule has 0 fully saturated rings. The zero-order chi connectivity index (χ0) is 19.8. The third-order valence-electron chi connectivity index (χ3n) is 3.81. The van der Waals surface area contributed by atoms with E-state index in [-0.39, 0.29) is 6.54 Å². The van der Waals surface area contributed by atoms with Gasteiger partial charge in [0.2, 0.25) is 0 Å². The molecule has 0 saturated heterocycles. The fourth-order valence-electron chi connectivity index (χ4n) is 2.40. The zero-order valence-electron chi connectivity index (χ0n) is 15.2. The number of carbonyl (C=O) groups is 2. The van der Waals surface area contributed by atoms with Crippen molar-refractivity contribution >= 4 is 29.1 Å². The van der Waals surface area contributed by atoms with Gasteiger partial charge in [-0.15, -0.1) is 0 Å². The fraction of sp³-hybridized carbons (Fsp3) is 0.263. The number of hydrogen-bond acceptors (Lipinski definition) is 5. The van der Waals surface area contributed by atoms with E-state index < -0.39 is 17.9 Å². The summed E-state index contributed by atoms with van der Waals surface area (Å²) in [7, 11) is 4.54. The molecule has 0 radical (unpaired) electrons. The number of amides is 2. The average Bonchev–Trinajstić information content (AvgIpc) is 2.68. The van der Waals surface area contributed by atoms with E-state index in [0.717, 1.165) is 5.56 Å². The van der Waals surface area contributed by atoms with Gasteiger partial charge in [0.1, 0.15) is 11.5 Å². The normalized spacial score (nSPS) is 11.4. The molecular weight excluding hydrogens is 372 g/mol. The molecule has 144 valence electrons. The van der Waals surface area contributed by atoms with Crippen molar-refractivity contribution in [1.82, 2.24) is 5.32 Å². The van der Waals surface area contributed by atoms with Crippen molar-refractivity contribution in [2.45, 2.75) is 6.10 Å². The van der Waals surface area contributed by atoms with Crippen molar-refractivity contribution in [2.75, 3.05) is 33.2 Å². The van der Waals surface area contributed by atoms with E-state index >= 15 is 0 Å². The van der Waals surface area contributed by atoms with E-state index in [4.69, 9.17) is 25.8 Å². The first-order valence-corrected chi connectivity index (χ1v) is 8.45. The quantitative estimate of drug-likeness (QED) is 0.708. The van der Waals surface area contributed by atoms with Gasteiger partial charge in [-0.25, -0.2) is 0 Å². The average molecular weight is 393 g/mol. The summed E-state index contributed by atoms with van der Waals surface area (Å²) in [5.41, 5.74) is 1.12. The molecule has 0 aliphatic carbocycles. The van der Waals surface area contributed by atoms with Crippen LogP contribution in [0, 0.1) is 0 Å². The Morgan fingerprint density at radius 2 is 1.81 bits per heavy atom. The van der Waals surface area contributed by atoms with Crippen LogP contribution in [0.15, 0.2) is 42.5 Å². The number of anilines is 1. The monoisotopic (exact) mass is 392 g/mol. The van der Waals surface area contributed by atoms with Crippen LogP contribution in [0.25, 0.3) is 0 Å². The molecule has 0 saturated carbocycles. The fourth-order valence-corrected chi connectivity index (χ4v) is 2.57. The van der Waals surface area contributed by atoms with E-state index in [1.54, 1.807) is 31.4 Å². The molecule has 1 unspecified atom stereocenters. The number of halogens is 1. The highest BCUT2D eigenvalue weighted by Gasteiger charge is 2.19.